The van der Waals surface area contributed by atoms with Crippen LogP contribution in [0, 0.1) is 11.3 Å². The van der Waals surface area contributed by atoms with Crippen molar-refractivity contribution in [3.05, 3.63) is 95.6 Å². The summed E-state index contributed by atoms with van der Waals surface area (Å²) in [5.41, 5.74) is 2.93. The van der Waals surface area contributed by atoms with Crippen LogP contribution in [-0.2, 0) is 27.8 Å². The van der Waals surface area contributed by atoms with Crippen LogP contribution in [0.5, 0.6) is 5.75 Å². The first-order valence-electron chi connectivity index (χ1n) is 12.6. The number of fused-ring (bicyclic) bond motifs is 2. The maximum atomic E-state index is 13.7. The molecule has 0 fully saturated rings. The van der Waals surface area contributed by atoms with Crippen molar-refractivity contribution < 1.29 is 23.1 Å². The molecule has 39 heavy (non-hydrogen) atoms. The molecule has 0 radical (unpaired) electrons. The van der Waals surface area contributed by atoms with Gasteiger partial charge in [0.15, 0.2) is 0 Å². The standard InChI is InChI=1S/C31H28N2O5S/c1-31(2)12-11-26-17-28(9-10-29(26)38-31)39(36,37)33(20-30(34)35)19-22-13-21(18-32)14-27(15-22)25-8-7-23-5-3-4-6-24(23)16-25/h3-10,13-17H,11-12,19-20H2,1-2H3,(H,34,35). The minimum atomic E-state index is -4.17. The summed E-state index contributed by atoms with van der Waals surface area (Å²) < 4.78 is 34.3. The summed E-state index contributed by atoms with van der Waals surface area (Å²) in [4.78, 5) is 11.8. The summed E-state index contributed by atoms with van der Waals surface area (Å²) >= 11 is 0. The molecule has 0 bridgehead atoms. The summed E-state index contributed by atoms with van der Waals surface area (Å²) in [6.45, 7) is 3.05. The highest BCUT2D eigenvalue weighted by atomic mass is 32.2. The molecular formula is C31H28N2O5S. The highest BCUT2D eigenvalue weighted by molar-refractivity contribution is 7.89. The zero-order valence-corrected chi connectivity index (χ0v) is 22.5. The van der Waals surface area contributed by atoms with E-state index in [1.165, 1.54) is 6.07 Å². The molecule has 4 aromatic carbocycles. The number of nitrogens with zero attached hydrogens (tertiary/aromatic N) is 2. The van der Waals surface area contributed by atoms with Gasteiger partial charge < -0.3 is 9.84 Å². The second kappa shape index (κ2) is 10.2. The first kappa shape index (κ1) is 26.4. The number of carboxylic acids is 1. The van der Waals surface area contributed by atoms with Gasteiger partial charge in [0.05, 0.1) is 16.5 Å². The normalized spacial score (nSPS) is 14.4. The van der Waals surface area contributed by atoms with E-state index in [-0.39, 0.29) is 17.0 Å². The van der Waals surface area contributed by atoms with Crippen molar-refractivity contribution in [2.45, 2.75) is 43.7 Å². The van der Waals surface area contributed by atoms with Crippen LogP contribution in [0.2, 0.25) is 0 Å². The van der Waals surface area contributed by atoms with E-state index in [4.69, 9.17) is 4.74 Å². The van der Waals surface area contributed by atoms with E-state index in [0.29, 0.717) is 23.3 Å². The molecule has 0 unspecified atom stereocenters. The fraction of sp³-hybridized carbons (Fsp3) is 0.226. The van der Waals surface area contributed by atoms with Gasteiger partial charge in [0.1, 0.15) is 17.9 Å². The van der Waals surface area contributed by atoms with E-state index in [1.54, 1.807) is 30.3 Å². The summed E-state index contributed by atoms with van der Waals surface area (Å²) in [5.74, 6) is -0.635. The summed E-state index contributed by atoms with van der Waals surface area (Å²) in [6.07, 6.45) is 1.39. The van der Waals surface area contributed by atoms with Gasteiger partial charge >= 0.3 is 5.97 Å². The lowest BCUT2D eigenvalue weighted by molar-refractivity contribution is -0.137. The Labute approximate surface area is 227 Å². The van der Waals surface area contributed by atoms with Crippen LogP contribution in [-0.4, -0.2) is 35.9 Å². The molecule has 198 valence electrons. The van der Waals surface area contributed by atoms with Gasteiger partial charge in [-0.3, -0.25) is 4.79 Å². The van der Waals surface area contributed by atoms with E-state index < -0.39 is 22.5 Å². The Bertz CT molecular complexity index is 1740. The van der Waals surface area contributed by atoms with Gasteiger partial charge in [-0.25, -0.2) is 8.42 Å². The van der Waals surface area contributed by atoms with Gasteiger partial charge in [0.2, 0.25) is 10.0 Å². The summed E-state index contributed by atoms with van der Waals surface area (Å²) in [7, 11) is -4.17. The Hall–Kier alpha value is -4.19. The number of rotatable bonds is 7. The molecule has 0 saturated heterocycles. The van der Waals surface area contributed by atoms with Gasteiger partial charge in [-0.1, -0.05) is 36.4 Å². The molecule has 0 saturated carbocycles. The van der Waals surface area contributed by atoms with Crippen LogP contribution in [0.3, 0.4) is 0 Å². The molecular weight excluding hydrogens is 512 g/mol. The number of aryl methyl sites for hydroxylation is 1. The first-order valence-corrected chi connectivity index (χ1v) is 14.1. The summed E-state index contributed by atoms with van der Waals surface area (Å²) in [6, 6.07) is 25.8. The predicted molar refractivity (Wildman–Crippen MR) is 149 cm³/mol. The summed E-state index contributed by atoms with van der Waals surface area (Å²) in [5, 5.41) is 21.4. The molecule has 1 aliphatic heterocycles. The molecule has 0 aliphatic carbocycles. The minimum absolute atomic E-state index is 0.0111. The molecule has 8 heteroatoms. The maximum Gasteiger partial charge on any atom is 0.318 e. The Morgan fingerprint density at radius 1 is 1.00 bits per heavy atom. The van der Waals surface area contributed by atoms with Crippen LogP contribution >= 0.6 is 0 Å². The second-order valence-electron chi connectivity index (χ2n) is 10.4. The average Bonchev–Trinajstić information content (AvgIpc) is 2.91. The number of aliphatic carboxylic acids is 1. The fourth-order valence-corrected chi connectivity index (χ4v) is 6.34. The van der Waals surface area contributed by atoms with Crippen LogP contribution in [0.1, 0.15) is 37.0 Å². The highest BCUT2D eigenvalue weighted by Gasteiger charge is 2.31. The molecule has 0 amide bonds. The minimum Gasteiger partial charge on any atom is -0.488 e. The average molecular weight is 541 g/mol. The number of hydrogen-bond donors (Lipinski definition) is 1. The third-order valence-corrected chi connectivity index (χ3v) is 8.72. The van der Waals surface area contributed by atoms with Crippen molar-refractivity contribution >= 4 is 26.8 Å². The van der Waals surface area contributed by atoms with Gasteiger partial charge in [0.25, 0.3) is 0 Å². The maximum absolute atomic E-state index is 13.7. The van der Waals surface area contributed by atoms with E-state index >= 15 is 0 Å². The van der Waals surface area contributed by atoms with Gasteiger partial charge in [-0.15, -0.1) is 0 Å². The monoisotopic (exact) mass is 540 g/mol. The van der Waals surface area contributed by atoms with E-state index in [1.807, 2.05) is 56.3 Å². The van der Waals surface area contributed by atoms with Crippen LogP contribution in [0.4, 0.5) is 0 Å². The largest absolute Gasteiger partial charge is 0.488 e. The topological polar surface area (TPSA) is 108 Å². The van der Waals surface area contributed by atoms with Crippen molar-refractivity contribution in [1.82, 2.24) is 4.31 Å². The lowest BCUT2D eigenvalue weighted by Gasteiger charge is -2.33. The lowest BCUT2D eigenvalue weighted by Crippen LogP contribution is -2.36. The Kier molecular flexibility index (Phi) is 6.89. The Morgan fingerprint density at radius 3 is 2.51 bits per heavy atom. The van der Waals surface area contributed by atoms with Crippen molar-refractivity contribution in [3.63, 3.8) is 0 Å². The molecule has 4 aromatic rings. The Morgan fingerprint density at radius 2 is 1.77 bits per heavy atom. The van der Waals surface area contributed by atoms with Gasteiger partial charge in [-0.05, 0) is 102 Å². The molecule has 0 aromatic heterocycles. The first-order chi connectivity index (χ1) is 18.5. The number of ether oxygens (including phenoxy) is 1. The van der Waals surface area contributed by atoms with Crippen molar-refractivity contribution in [2.75, 3.05) is 6.54 Å². The van der Waals surface area contributed by atoms with Gasteiger partial charge in [0, 0.05) is 6.54 Å². The Balaban J connectivity index is 1.51. The van der Waals surface area contributed by atoms with Crippen LogP contribution in [0.15, 0.2) is 83.8 Å². The van der Waals surface area contributed by atoms with Crippen LogP contribution in [0.25, 0.3) is 21.9 Å². The number of carbonyl (C=O) groups is 1. The third-order valence-electron chi connectivity index (χ3n) is 6.93. The fourth-order valence-electron chi connectivity index (χ4n) is 4.91. The van der Waals surface area contributed by atoms with Crippen molar-refractivity contribution in [2.24, 2.45) is 0 Å². The van der Waals surface area contributed by atoms with E-state index in [0.717, 1.165) is 38.2 Å². The number of sulfonamides is 1. The molecule has 1 N–H and O–H groups in total. The zero-order chi connectivity index (χ0) is 27.8. The number of hydrogen-bond acceptors (Lipinski definition) is 5. The van der Waals surface area contributed by atoms with Crippen molar-refractivity contribution in [3.8, 4) is 22.9 Å². The molecule has 0 spiro atoms. The van der Waals surface area contributed by atoms with Gasteiger partial charge in [-0.2, -0.15) is 9.57 Å². The van der Waals surface area contributed by atoms with E-state index in [9.17, 15) is 23.6 Å². The molecule has 0 atom stereocenters. The molecule has 1 aliphatic rings. The van der Waals surface area contributed by atoms with E-state index in [2.05, 4.69) is 6.07 Å². The number of carboxylic acid groups (broad SMARTS) is 1. The zero-order valence-electron chi connectivity index (χ0n) is 21.7. The second-order valence-corrected chi connectivity index (χ2v) is 12.3. The van der Waals surface area contributed by atoms with Crippen molar-refractivity contribution in [1.29, 1.82) is 5.26 Å². The quantitative estimate of drug-likeness (QED) is 0.319. The third kappa shape index (κ3) is 5.65. The smallest absolute Gasteiger partial charge is 0.318 e. The predicted octanol–water partition coefficient (Wildman–Crippen LogP) is 5.76. The van der Waals surface area contributed by atoms with Crippen LogP contribution < -0.4 is 4.74 Å². The highest BCUT2D eigenvalue weighted by Crippen LogP contribution is 2.35. The lowest BCUT2D eigenvalue weighted by atomic mass is 9.94. The molecule has 5 rings (SSSR count). The molecule has 1 heterocycles. The number of nitriles is 1. The number of benzene rings is 4. The molecule has 7 nitrogen and oxygen atoms in total. The SMILES string of the molecule is CC1(C)CCc2cc(S(=O)(=O)N(CC(=O)O)Cc3cc(C#N)cc(-c4ccc5ccccc5c4)c3)ccc2O1.